The number of aromatic nitrogens is 1. The molecule has 1 amide bonds. The third-order valence-electron chi connectivity index (χ3n) is 4.42. The van der Waals surface area contributed by atoms with Gasteiger partial charge in [-0.25, -0.2) is 0 Å². The van der Waals surface area contributed by atoms with Crippen LogP contribution in [-0.2, 0) is 11.3 Å². The second-order valence-electron chi connectivity index (χ2n) is 6.60. The number of alkyl halides is 3. The number of unbranched alkanes of at least 4 members (excludes halogenated alkanes) is 1. The highest BCUT2D eigenvalue weighted by atomic mass is 19.4. The van der Waals surface area contributed by atoms with Crippen LogP contribution in [0.5, 0.6) is 0 Å². The highest BCUT2D eigenvalue weighted by Gasteiger charge is 2.43. The number of ketones is 1. The number of carbonyl (C=O) groups is 2. The van der Waals surface area contributed by atoms with E-state index in [9.17, 15) is 22.8 Å². The van der Waals surface area contributed by atoms with Gasteiger partial charge >= 0.3 is 23.7 Å². The minimum atomic E-state index is -5.12. The maximum absolute atomic E-state index is 13.2. The van der Waals surface area contributed by atoms with Crippen LogP contribution in [-0.4, -0.2) is 17.9 Å². The molecule has 0 saturated heterocycles. The summed E-state index contributed by atoms with van der Waals surface area (Å²) in [5.41, 5.74) is 0.708. The van der Waals surface area contributed by atoms with Gasteiger partial charge in [0.25, 0.3) is 11.7 Å². The summed E-state index contributed by atoms with van der Waals surface area (Å²) in [5.74, 6) is -3.09. The van der Waals surface area contributed by atoms with E-state index in [4.69, 9.17) is 4.42 Å². The molecule has 0 atom stereocenters. The fraction of sp³-hybridized carbons (Fsp3) is 0.227. The predicted molar refractivity (Wildman–Crippen MR) is 104 cm³/mol. The van der Waals surface area contributed by atoms with Crippen LogP contribution in [0.15, 0.2) is 65.1 Å². The number of oxazole rings is 1. The molecule has 0 spiro atoms. The van der Waals surface area contributed by atoms with E-state index in [1.165, 1.54) is 4.57 Å². The molecule has 1 N–H and O–H groups in total. The minimum absolute atomic E-state index is 0.133. The standard InChI is InChI=1S/C22H19F3N2O3/c1-2-3-14-27-17(18(28)15-10-6-4-7-11-15)19(26-21(29)22(23,24)25)30-20(27)16-12-8-5-9-13-16/h4-13H,2-3,14H2,1H3/p+1. The molecule has 5 nitrogen and oxygen atoms in total. The molecular weight excluding hydrogens is 397 g/mol. The van der Waals surface area contributed by atoms with Crippen molar-refractivity contribution in [1.29, 1.82) is 0 Å². The Labute approximate surface area is 171 Å². The van der Waals surface area contributed by atoms with Crippen molar-refractivity contribution in [3.63, 3.8) is 0 Å². The van der Waals surface area contributed by atoms with Crippen molar-refractivity contribution in [2.24, 2.45) is 0 Å². The molecule has 8 heteroatoms. The zero-order chi connectivity index (χ0) is 21.7. The molecule has 0 aliphatic heterocycles. The zero-order valence-electron chi connectivity index (χ0n) is 16.2. The summed E-state index contributed by atoms with van der Waals surface area (Å²) in [6.07, 6.45) is -3.68. The van der Waals surface area contributed by atoms with E-state index >= 15 is 0 Å². The second kappa shape index (κ2) is 8.94. The first-order valence-corrected chi connectivity index (χ1v) is 9.43. The van der Waals surface area contributed by atoms with Crippen molar-refractivity contribution in [2.45, 2.75) is 32.5 Å². The first-order chi connectivity index (χ1) is 14.3. The molecule has 3 aromatic rings. The van der Waals surface area contributed by atoms with Crippen LogP contribution in [0.1, 0.15) is 35.8 Å². The van der Waals surface area contributed by atoms with Crippen molar-refractivity contribution in [1.82, 2.24) is 0 Å². The SMILES string of the molecule is CCCC[n+]1c(-c2ccccc2)oc(NC(=O)C(F)(F)F)c1C(=O)c1ccccc1. The van der Waals surface area contributed by atoms with E-state index in [0.29, 0.717) is 18.5 Å². The lowest BCUT2D eigenvalue weighted by Crippen LogP contribution is -2.41. The molecule has 0 unspecified atom stereocenters. The van der Waals surface area contributed by atoms with Crippen LogP contribution in [0, 0.1) is 0 Å². The van der Waals surface area contributed by atoms with Gasteiger partial charge < -0.3 is 4.42 Å². The van der Waals surface area contributed by atoms with Crippen LogP contribution in [0.2, 0.25) is 0 Å². The number of halogens is 3. The van der Waals surface area contributed by atoms with Crippen molar-refractivity contribution < 1.29 is 31.7 Å². The van der Waals surface area contributed by atoms with E-state index in [0.717, 1.165) is 6.42 Å². The predicted octanol–water partition coefficient (Wildman–Crippen LogP) is 4.77. The summed E-state index contributed by atoms with van der Waals surface area (Å²) in [4.78, 5) is 24.8. The summed E-state index contributed by atoms with van der Waals surface area (Å²) >= 11 is 0. The van der Waals surface area contributed by atoms with Crippen molar-refractivity contribution in [3.8, 4) is 11.5 Å². The first kappa shape index (κ1) is 21.3. The van der Waals surface area contributed by atoms with Gasteiger partial charge in [-0.15, -0.1) is 0 Å². The molecule has 1 heterocycles. The Balaban J connectivity index is 2.20. The van der Waals surface area contributed by atoms with Gasteiger partial charge in [0.2, 0.25) is 0 Å². The number of amides is 1. The maximum atomic E-state index is 13.2. The molecule has 0 bridgehead atoms. The third kappa shape index (κ3) is 4.59. The number of carbonyl (C=O) groups excluding carboxylic acids is 2. The summed E-state index contributed by atoms with van der Waals surface area (Å²) in [7, 11) is 0. The van der Waals surface area contributed by atoms with Crippen molar-refractivity contribution in [3.05, 3.63) is 71.9 Å². The van der Waals surface area contributed by atoms with E-state index in [1.807, 2.05) is 6.92 Å². The van der Waals surface area contributed by atoms with Gasteiger partial charge in [-0.1, -0.05) is 61.9 Å². The number of nitrogens with one attached hydrogen (secondary N) is 1. The first-order valence-electron chi connectivity index (χ1n) is 9.43. The lowest BCUT2D eigenvalue weighted by Gasteiger charge is -2.05. The van der Waals surface area contributed by atoms with Crippen LogP contribution < -0.4 is 9.88 Å². The highest BCUT2D eigenvalue weighted by Crippen LogP contribution is 2.28. The Morgan fingerprint density at radius 1 is 1.00 bits per heavy atom. The fourth-order valence-corrected chi connectivity index (χ4v) is 2.96. The van der Waals surface area contributed by atoms with Gasteiger partial charge in [-0.3, -0.25) is 14.9 Å². The maximum Gasteiger partial charge on any atom is 0.471 e. The van der Waals surface area contributed by atoms with Gasteiger partial charge in [0.05, 0.1) is 5.56 Å². The fourth-order valence-electron chi connectivity index (χ4n) is 2.96. The largest absolute Gasteiger partial charge is 0.471 e. The molecule has 1 aromatic heterocycles. The summed E-state index contributed by atoms with van der Waals surface area (Å²) in [6.45, 7) is 2.29. The molecule has 3 rings (SSSR count). The highest BCUT2D eigenvalue weighted by molar-refractivity contribution is 6.11. The summed E-state index contributed by atoms with van der Waals surface area (Å²) in [6, 6.07) is 16.8. The molecule has 0 aliphatic carbocycles. The van der Waals surface area contributed by atoms with Crippen LogP contribution in [0.25, 0.3) is 11.5 Å². The third-order valence-corrected chi connectivity index (χ3v) is 4.42. The van der Waals surface area contributed by atoms with E-state index in [2.05, 4.69) is 0 Å². The quantitative estimate of drug-likeness (QED) is 0.445. The number of hydrogen-bond donors (Lipinski definition) is 1. The van der Waals surface area contributed by atoms with E-state index in [1.54, 1.807) is 66.0 Å². The Kier molecular flexibility index (Phi) is 6.34. The van der Waals surface area contributed by atoms with E-state index < -0.39 is 23.8 Å². The smallest absolute Gasteiger partial charge is 0.380 e. The molecule has 156 valence electrons. The Morgan fingerprint density at radius 2 is 1.60 bits per heavy atom. The number of rotatable bonds is 7. The van der Waals surface area contributed by atoms with Crippen molar-refractivity contribution >= 4 is 17.6 Å². The Hall–Kier alpha value is -3.42. The lowest BCUT2D eigenvalue weighted by molar-refractivity contribution is -0.690. The molecule has 0 radical (unpaired) electrons. The second-order valence-corrected chi connectivity index (χ2v) is 6.60. The Morgan fingerprint density at radius 3 is 2.17 bits per heavy atom. The van der Waals surface area contributed by atoms with Gasteiger partial charge in [0.1, 0.15) is 0 Å². The topological polar surface area (TPSA) is 63.2 Å². The van der Waals surface area contributed by atoms with Gasteiger partial charge in [-0.05, 0) is 12.1 Å². The normalized spacial score (nSPS) is 11.3. The van der Waals surface area contributed by atoms with Gasteiger partial charge in [0.15, 0.2) is 6.54 Å². The molecular formula is C22H20F3N2O3+. The molecule has 0 saturated carbocycles. The van der Waals surface area contributed by atoms with Gasteiger partial charge in [0, 0.05) is 12.0 Å². The van der Waals surface area contributed by atoms with Gasteiger partial charge in [-0.2, -0.15) is 17.7 Å². The molecule has 30 heavy (non-hydrogen) atoms. The molecule has 0 fully saturated rings. The monoisotopic (exact) mass is 417 g/mol. The lowest BCUT2D eigenvalue weighted by atomic mass is 10.1. The average molecular weight is 417 g/mol. The minimum Gasteiger partial charge on any atom is -0.380 e. The van der Waals surface area contributed by atoms with E-state index in [-0.39, 0.29) is 17.1 Å². The zero-order valence-corrected chi connectivity index (χ0v) is 16.2. The van der Waals surface area contributed by atoms with Crippen LogP contribution >= 0.6 is 0 Å². The number of nitrogens with zero attached hydrogens (tertiary/aromatic N) is 1. The molecule has 0 aliphatic rings. The number of hydrogen-bond acceptors (Lipinski definition) is 3. The summed E-state index contributed by atoms with van der Waals surface area (Å²) in [5, 5.41) is 1.74. The average Bonchev–Trinajstić information content (AvgIpc) is 3.10. The van der Waals surface area contributed by atoms with Crippen molar-refractivity contribution in [2.75, 3.05) is 5.32 Å². The van der Waals surface area contributed by atoms with Crippen LogP contribution in [0.3, 0.4) is 0 Å². The summed E-state index contributed by atoms with van der Waals surface area (Å²) < 4.78 is 45.8. The number of benzene rings is 2. The number of anilines is 1. The molecule has 2 aromatic carbocycles. The van der Waals surface area contributed by atoms with Crippen LogP contribution in [0.4, 0.5) is 19.1 Å². The Bertz CT molecular complexity index is 1030.